The highest BCUT2D eigenvalue weighted by Gasteiger charge is 2.19. The zero-order valence-corrected chi connectivity index (χ0v) is 11.1. The van der Waals surface area contributed by atoms with Crippen LogP contribution in [0.4, 0.5) is 0 Å². The maximum Gasteiger partial charge on any atom is 0.360 e. The average molecular weight is 239 g/mol. The van der Waals surface area contributed by atoms with Crippen LogP contribution in [0.2, 0.25) is 0 Å². The molecule has 0 saturated carbocycles. The van der Waals surface area contributed by atoms with Gasteiger partial charge in [-0.05, 0) is 12.3 Å². The van der Waals surface area contributed by atoms with E-state index in [1.165, 1.54) is 7.11 Å². The van der Waals surface area contributed by atoms with Gasteiger partial charge >= 0.3 is 5.97 Å². The van der Waals surface area contributed by atoms with Gasteiger partial charge in [-0.25, -0.2) is 9.48 Å². The highest BCUT2D eigenvalue weighted by molar-refractivity contribution is 5.88. The number of esters is 1. The number of methoxy groups -OCH3 is 1. The van der Waals surface area contributed by atoms with Crippen LogP contribution < -0.4 is 0 Å². The van der Waals surface area contributed by atoms with Crippen molar-refractivity contribution in [1.82, 2.24) is 15.0 Å². The number of hydrogen-bond donors (Lipinski definition) is 0. The van der Waals surface area contributed by atoms with E-state index < -0.39 is 5.97 Å². The molecular formula is C12H21N3O2. The van der Waals surface area contributed by atoms with Crippen LogP contribution in [0.25, 0.3) is 0 Å². The summed E-state index contributed by atoms with van der Waals surface area (Å²) >= 11 is 0. The standard InChI is InChI=1S/C12H21N3O2/c1-5-9(6-2)8-15-10(7-3)11(13-14-15)12(16)17-4/h9H,5-8H2,1-4H3. The lowest BCUT2D eigenvalue weighted by molar-refractivity contribution is 0.0592. The zero-order chi connectivity index (χ0) is 12.8. The van der Waals surface area contributed by atoms with E-state index in [9.17, 15) is 4.79 Å². The van der Waals surface area contributed by atoms with Crippen molar-refractivity contribution in [2.75, 3.05) is 7.11 Å². The van der Waals surface area contributed by atoms with Gasteiger partial charge < -0.3 is 4.74 Å². The maximum atomic E-state index is 11.5. The van der Waals surface area contributed by atoms with Crippen molar-refractivity contribution in [3.63, 3.8) is 0 Å². The van der Waals surface area contributed by atoms with Crippen molar-refractivity contribution in [3.8, 4) is 0 Å². The molecule has 5 heteroatoms. The molecular weight excluding hydrogens is 218 g/mol. The molecule has 0 unspecified atom stereocenters. The first-order chi connectivity index (χ1) is 8.17. The lowest BCUT2D eigenvalue weighted by Crippen LogP contribution is -2.14. The number of hydrogen-bond acceptors (Lipinski definition) is 4. The lowest BCUT2D eigenvalue weighted by Gasteiger charge is -2.13. The first-order valence-corrected chi connectivity index (χ1v) is 6.18. The molecule has 0 saturated heterocycles. The lowest BCUT2D eigenvalue weighted by atomic mass is 10.0. The molecule has 17 heavy (non-hydrogen) atoms. The highest BCUT2D eigenvalue weighted by Crippen LogP contribution is 2.14. The largest absolute Gasteiger partial charge is 0.464 e. The van der Waals surface area contributed by atoms with Gasteiger partial charge in [-0.2, -0.15) is 0 Å². The van der Waals surface area contributed by atoms with Crippen molar-refractivity contribution >= 4 is 5.97 Å². The van der Waals surface area contributed by atoms with Gasteiger partial charge in [0.1, 0.15) is 0 Å². The van der Waals surface area contributed by atoms with Crippen LogP contribution in [-0.2, 0) is 17.7 Å². The van der Waals surface area contributed by atoms with Gasteiger partial charge in [0.2, 0.25) is 0 Å². The van der Waals surface area contributed by atoms with E-state index in [0.29, 0.717) is 11.6 Å². The Bertz CT molecular complexity index is 370. The summed E-state index contributed by atoms with van der Waals surface area (Å²) in [5.41, 5.74) is 1.21. The maximum absolute atomic E-state index is 11.5. The van der Waals surface area contributed by atoms with Crippen molar-refractivity contribution in [2.24, 2.45) is 5.92 Å². The zero-order valence-electron chi connectivity index (χ0n) is 11.1. The molecule has 0 aliphatic rings. The van der Waals surface area contributed by atoms with Crippen LogP contribution in [0, 0.1) is 5.92 Å². The predicted molar refractivity (Wildman–Crippen MR) is 64.8 cm³/mol. The Kier molecular flexibility index (Phi) is 5.12. The van der Waals surface area contributed by atoms with Gasteiger partial charge in [-0.15, -0.1) is 5.10 Å². The van der Waals surface area contributed by atoms with Gasteiger partial charge in [0.15, 0.2) is 5.69 Å². The second kappa shape index (κ2) is 6.37. The van der Waals surface area contributed by atoms with Crippen molar-refractivity contribution in [3.05, 3.63) is 11.4 Å². The van der Waals surface area contributed by atoms with Gasteiger partial charge in [-0.3, -0.25) is 0 Å². The summed E-state index contributed by atoms with van der Waals surface area (Å²) in [4.78, 5) is 11.5. The van der Waals surface area contributed by atoms with Crippen LogP contribution in [0.1, 0.15) is 49.8 Å². The quantitative estimate of drug-likeness (QED) is 0.713. The number of ether oxygens (including phenoxy) is 1. The summed E-state index contributed by atoms with van der Waals surface area (Å²) in [6.07, 6.45) is 2.94. The number of carbonyl (C=O) groups excluding carboxylic acids is 1. The normalized spacial score (nSPS) is 10.9. The molecule has 1 aromatic rings. The van der Waals surface area contributed by atoms with E-state index in [4.69, 9.17) is 4.74 Å². The smallest absolute Gasteiger partial charge is 0.360 e. The summed E-state index contributed by atoms with van der Waals surface area (Å²) in [5.74, 6) is 0.171. The number of rotatable bonds is 6. The minimum atomic E-state index is -0.405. The second-order valence-electron chi connectivity index (χ2n) is 4.09. The highest BCUT2D eigenvalue weighted by atomic mass is 16.5. The Morgan fingerprint density at radius 1 is 1.35 bits per heavy atom. The third kappa shape index (κ3) is 3.05. The Balaban J connectivity index is 2.93. The first kappa shape index (κ1) is 13.7. The molecule has 0 radical (unpaired) electrons. The molecule has 0 atom stereocenters. The van der Waals surface area contributed by atoms with E-state index >= 15 is 0 Å². The predicted octanol–water partition coefficient (Wildman–Crippen LogP) is 2.06. The minimum absolute atomic E-state index is 0.348. The van der Waals surface area contributed by atoms with Crippen LogP contribution in [0.5, 0.6) is 0 Å². The third-order valence-corrected chi connectivity index (χ3v) is 3.14. The summed E-state index contributed by atoms with van der Waals surface area (Å²) in [5, 5.41) is 7.98. The molecule has 1 aromatic heterocycles. The van der Waals surface area contributed by atoms with E-state index in [0.717, 1.165) is 31.5 Å². The Hall–Kier alpha value is -1.39. The fraction of sp³-hybridized carbons (Fsp3) is 0.750. The molecule has 96 valence electrons. The molecule has 0 aliphatic carbocycles. The monoisotopic (exact) mass is 239 g/mol. The summed E-state index contributed by atoms with van der Waals surface area (Å²) in [7, 11) is 1.36. The molecule has 0 aromatic carbocycles. The summed E-state index contributed by atoms with van der Waals surface area (Å²) in [6, 6.07) is 0. The average Bonchev–Trinajstić information content (AvgIpc) is 2.77. The topological polar surface area (TPSA) is 57.0 Å². The van der Waals surface area contributed by atoms with E-state index in [2.05, 4.69) is 24.2 Å². The van der Waals surface area contributed by atoms with Crippen molar-refractivity contribution < 1.29 is 9.53 Å². The Labute approximate surface area is 102 Å². The van der Waals surface area contributed by atoms with Crippen LogP contribution in [0.15, 0.2) is 0 Å². The van der Waals surface area contributed by atoms with Crippen molar-refractivity contribution in [1.29, 1.82) is 0 Å². The SMILES string of the molecule is CCc1c(C(=O)OC)nnn1CC(CC)CC. The third-order valence-electron chi connectivity index (χ3n) is 3.14. The second-order valence-corrected chi connectivity index (χ2v) is 4.09. The molecule has 1 heterocycles. The molecule has 0 aliphatic heterocycles. The number of nitrogens with zero attached hydrogens (tertiary/aromatic N) is 3. The number of carbonyl (C=O) groups is 1. The Morgan fingerprint density at radius 3 is 2.47 bits per heavy atom. The van der Waals surface area contributed by atoms with Gasteiger partial charge in [-0.1, -0.05) is 38.8 Å². The molecule has 0 spiro atoms. The molecule has 0 bridgehead atoms. The fourth-order valence-electron chi connectivity index (χ4n) is 1.88. The number of aromatic nitrogens is 3. The summed E-state index contributed by atoms with van der Waals surface area (Å²) < 4.78 is 6.53. The van der Waals surface area contributed by atoms with Crippen LogP contribution >= 0.6 is 0 Å². The molecule has 5 nitrogen and oxygen atoms in total. The van der Waals surface area contributed by atoms with Gasteiger partial charge in [0, 0.05) is 6.54 Å². The van der Waals surface area contributed by atoms with E-state index in [1.807, 2.05) is 11.6 Å². The van der Waals surface area contributed by atoms with Crippen molar-refractivity contribution in [2.45, 2.75) is 46.6 Å². The molecule has 0 amide bonds. The van der Waals surface area contributed by atoms with Gasteiger partial charge in [0.25, 0.3) is 0 Å². The fourth-order valence-corrected chi connectivity index (χ4v) is 1.88. The van der Waals surface area contributed by atoms with E-state index in [1.54, 1.807) is 0 Å². The minimum Gasteiger partial charge on any atom is -0.464 e. The Morgan fingerprint density at radius 2 is 2.00 bits per heavy atom. The van der Waals surface area contributed by atoms with E-state index in [-0.39, 0.29) is 0 Å². The summed E-state index contributed by atoms with van der Waals surface area (Å²) in [6.45, 7) is 7.14. The molecule has 1 rings (SSSR count). The molecule has 0 N–H and O–H groups in total. The van der Waals surface area contributed by atoms with Crippen LogP contribution in [0.3, 0.4) is 0 Å². The first-order valence-electron chi connectivity index (χ1n) is 6.18. The van der Waals surface area contributed by atoms with Crippen LogP contribution in [-0.4, -0.2) is 28.1 Å². The molecule has 0 fully saturated rings. The van der Waals surface area contributed by atoms with Gasteiger partial charge in [0.05, 0.1) is 12.8 Å².